The summed E-state index contributed by atoms with van der Waals surface area (Å²) in [5.41, 5.74) is 0. The number of nitrogens with zero attached hydrogens (tertiary/aromatic N) is 4. The molecule has 6 nitrogen and oxygen atoms in total. The Hall–Kier alpha value is -1.59. The molecule has 1 heterocycles. The molecule has 1 aromatic rings. The Balaban J connectivity index is 1.71. The lowest BCUT2D eigenvalue weighted by Gasteiger charge is -2.27. The fourth-order valence-electron chi connectivity index (χ4n) is 3.88. The maximum absolute atomic E-state index is 5.18. The Morgan fingerprint density at radius 1 is 1.24 bits per heavy atom. The number of aromatic nitrogens is 3. The van der Waals surface area contributed by atoms with Gasteiger partial charge in [0.1, 0.15) is 0 Å². The first kappa shape index (κ1) is 14.4. The summed E-state index contributed by atoms with van der Waals surface area (Å²) in [7, 11) is 3.65. The minimum Gasteiger partial charge on any atom is -0.467 e. The maximum Gasteiger partial charge on any atom is 0.322 e. The van der Waals surface area contributed by atoms with Crippen LogP contribution in [-0.4, -0.2) is 42.2 Å². The quantitative estimate of drug-likeness (QED) is 0.867. The van der Waals surface area contributed by atoms with Gasteiger partial charge in [0.2, 0.25) is 11.9 Å². The van der Waals surface area contributed by atoms with Crippen molar-refractivity contribution in [2.45, 2.75) is 32.6 Å². The Morgan fingerprint density at radius 3 is 2.71 bits per heavy atom. The highest BCUT2D eigenvalue weighted by Gasteiger charge is 2.39. The summed E-state index contributed by atoms with van der Waals surface area (Å²) >= 11 is 0. The fourth-order valence-corrected chi connectivity index (χ4v) is 3.88. The van der Waals surface area contributed by atoms with Gasteiger partial charge in [-0.2, -0.15) is 15.0 Å². The molecule has 3 atom stereocenters. The highest BCUT2D eigenvalue weighted by Crippen LogP contribution is 2.48. The molecule has 2 aliphatic rings. The SMILES string of the molecule is CCNc1nc(OC)nc(N(C)CC2CC3CCC2C3)n1. The highest BCUT2D eigenvalue weighted by atomic mass is 16.5. The van der Waals surface area contributed by atoms with Crippen LogP contribution in [0.5, 0.6) is 6.01 Å². The minimum atomic E-state index is 0.371. The van der Waals surface area contributed by atoms with Gasteiger partial charge in [-0.25, -0.2) is 0 Å². The van der Waals surface area contributed by atoms with Crippen molar-refractivity contribution in [1.82, 2.24) is 15.0 Å². The molecule has 1 N–H and O–H groups in total. The Labute approximate surface area is 126 Å². The van der Waals surface area contributed by atoms with Gasteiger partial charge in [0, 0.05) is 20.1 Å². The zero-order valence-electron chi connectivity index (χ0n) is 13.2. The molecule has 1 aromatic heterocycles. The van der Waals surface area contributed by atoms with Crippen molar-refractivity contribution in [3.8, 4) is 6.01 Å². The third-order valence-corrected chi connectivity index (χ3v) is 4.85. The fraction of sp³-hybridized carbons (Fsp3) is 0.800. The lowest BCUT2D eigenvalue weighted by Crippen LogP contribution is -2.30. The smallest absolute Gasteiger partial charge is 0.322 e. The molecule has 2 bridgehead atoms. The normalized spacial score (nSPS) is 26.9. The first-order valence-corrected chi connectivity index (χ1v) is 7.94. The van der Waals surface area contributed by atoms with Crippen molar-refractivity contribution in [3.63, 3.8) is 0 Å². The van der Waals surface area contributed by atoms with E-state index in [1.54, 1.807) is 7.11 Å². The summed E-state index contributed by atoms with van der Waals surface area (Å²) in [5.74, 6) is 3.95. The van der Waals surface area contributed by atoms with Gasteiger partial charge in [0.15, 0.2) is 0 Å². The first-order chi connectivity index (χ1) is 10.2. The lowest BCUT2D eigenvalue weighted by atomic mass is 9.88. The van der Waals surface area contributed by atoms with Crippen LogP contribution in [0, 0.1) is 17.8 Å². The number of anilines is 2. The van der Waals surface area contributed by atoms with Crippen LogP contribution in [-0.2, 0) is 0 Å². The van der Waals surface area contributed by atoms with Gasteiger partial charge in [0.05, 0.1) is 7.11 Å². The largest absolute Gasteiger partial charge is 0.467 e. The Morgan fingerprint density at radius 2 is 2.10 bits per heavy atom. The van der Waals surface area contributed by atoms with Crippen molar-refractivity contribution >= 4 is 11.9 Å². The molecule has 2 aliphatic carbocycles. The molecule has 0 aromatic carbocycles. The second-order valence-corrected chi connectivity index (χ2v) is 6.29. The molecule has 21 heavy (non-hydrogen) atoms. The van der Waals surface area contributed by atoms with Crippen molar-refractivity contribution in [2.24, 2.45) is 17.8 Å². The zero-order valence-corrected chi connectivity index (χ0v) is 13.2. The molecule has 2 fully saturated rings. The van der Waals surface area contributed by atoms with Gasteiger partial charge in [-0.3, -0.25) is 0 Å². The van der Waals surface area contributed by atoms with Gasteiger partial charge in [-0.05, 0) is 43.9 Å². The van der Waals surface area contributed by atoms with E-state index in [4.69, 9.17) is 4.74 Å². The maximum atomic E-state index is 5.18. The Kier molecular flexibility index (Phi) is 4.12. The predicted octanol–water partition coefficient (Wildman–Crippen LogP) is 2.18. The van der Waals surface area contributed by atoms with Crippen LogP contribution in [0.1, 0.15) is 32.6 Å². The van der Waals surface area contributed by atoms with Gasteiger partial charge >= 0.3 is 6.01 Å². The highest BCUT2D eigenvalue weighted by molar-refractivity contribution is 5.37. The second kappa shape index (κ2) is 6.03. The van der Waals surface area contributed by atoms with Crippen molar-refractivity contribution < 1.29 is 4.74 Å². The van der Waals surface area contributed by atoms with E-state index in [-0.39, 0.29) is 0 Å². The van der Waals surface area contributed by atoms with E-state index in [1.165, 1.54) is 25.7 Å². The van der Waals surface area contributed by atoms with Gasteiger partial charge in [-0.15, -0.1) is 0 Å². The van der Waals surface area contributed by atoms with E-state index in [2.05, 4.69) is 32.2 Å². The van der Waals surface area contributed by atoms with Gasteiger partial charge < -0.3 is 15.0 Å². The first-order valence-electron chi connectivity index (χ1n) is 7.94. The molecule has 2 saturated carbocycles. The third kappa shape index (κ3) is 3.04. The number of methoxy groups -OCH3 is 1. The van der Waals surface area contributed by atoms with E-state index >= 15 is 0 Å². The minimum absolute atomic E-state index is 0.371. The van der Waals surface area contributed by atoms with Gasteiger partial charge in [0.25, 0.3) is 0 Å². The summed E-state index contributed by atoms with van der Waals surface area (Å²) in [6, 6.07) is 0.371. The molecule has 3 rings (SSSR count). The van der Waals surface area contributed by atoms with Crippen LogP contribution in [0.4, 0.5) is 11.9 Å². The molecular formula is C15H25N5O. The van der Waals surface area contributed by atoms with E-state index < -0.39 is 0 Å². The topological polar surface area (TPSA) is 63.2 Å². The summed E-state index contributed by atoms with van der Waals surface area (Å²) in [6.45, 7) is 3.83. The molecular weight excluding hydrogens is 266 g/mol. The molecule has 0 spiro atoms. The molecule has 116 valence electrons. The van der Waals surface area contributed by atoms with E-state index in [1.807, 2.05) is 6.92 Å². The van der Waals surface area contributed by atoms with Crippen molar-refractivity contribution in [1.29, 1.82) is 0 Å². The molecule has 3 unspecified atom stereocenters. The number of ether oxygens (including phenoxy) is 1. The number of fused-ring (bicyclic) bond motifs is 2. The number of rotatable bonds is 6. The molecule has 0 saturated heterocycles. The number of hydrogen-bond donors (Lipinski definition) is 1. The third-order valence-electron chi connectivity index (χ3n) is 4.85. The lowest BCUT2D eigenvalue weighted by molar-refractivity contribution is 0.335. The summed E-state index contributed by atoms with van der Waals surface area (Å²) < 4.78 is 5.18. The van der Waals surface area contributed by atoms with Crippen LogP contribution >= 0.6 is 0 Å². The van der Waals surface area contributed by atoms with Crippen LogP contribution in [0.15, 0.2) is 0 Å². The van der Waals surface area contributed by atoms with Crippen molar-refractivity contribution in [2.75, 3.05) is 37.5 Å². The Bertz CT molecular complexity index is 495. The molecule has 6 heteroatoms. The summed E-state index contributed by atoms with van der Waals surface area (Å²) in [4.78, 5) is 15.2. The standard InChI is InChI=1S/C15H25N5O/c1-4-16-13-17-14(19-15(18-13)21-3)20(2)9-12-8-10-5-6-11(12)7-10/h10-12H,4-9H2,1-3H3,(H,16,17,18,19). The molecule has 0 radical (unpaired) electrons. The predicted molar refractivity (Wildman–Crippen MR) is 82.8 cm³/mol. The van der Waals surface area contributed by atoms with Crippen LogP contribution in [0.25, 0.3) is 0 Å². The van der Waals surface area contributed by atoms with Crippen molar-refractivity contribution in [3.05, 3.63) is 0 Å². The number of nitrogens with one attached hydrogen (secondary N) is 1. The summed E-state index contributed by atoms with van der Waals surface area (Å²) in [5, 5.41) is 3.13. The molecule has 0 aliphatic heterocycles. The average molecular weight is 291 g/mol. The molecule has 0 amide bonds. The number of hydrogen-bond acceptors (Lipinski definition) is 6. The monoisotopic (exact) mass is 291 g/mol. The van der Waals surface area contributed by atoms with Crippen LogP contribution in [0.2, 0.25) is 0 Å². The van der Waals surface area contributed by atoms with E-state index in [0.29, 0.717) is 17.9 Å². The second-order valence-electron chi connectivity index (χ2n) is 6.29. The average Bonchev–Trinajstić information content (AvgIpc) is 3.09. The summed E-state index contributed by atoms with van der Waals surface area (Å²) in [6.07, 6.45) is 5.65. The van der Waals surface area contributed by atoms with E-state index in [0.717, 1.165) is 30.8 Å². The van der Waals surface area contributed by atoms with Gasteiger partial charge in [-0.1, -0.05) is 6.42 Å². The van der Waals surface area contributed by atoms with Crippen LogP contribution in [0.3, 0.4) is 0 Å². The van der Waals surface area contributed by atoms with Crippen LogP contribution < -0.4 is 15.0 Å². The van der Waals surface area contributed by atoms with E-state index in [9.17, 15) is 0 Å². The zero-order chi connectivity index (χ0) is 14.8.